The molecule has 0 aliphatic carbocycles. The Bertz CT molecular complexity index is 492. The van der Waals surface area contributed by atoms with E-state index in [9.17, 15) is 9.59 Å². The van der Waals surface area contributed by atoms with E-state index in [1.807, 2.05) is 0 Å². The van der Waals surface area contributed by atoms with Crippen molar-refractivity contribution in [3.8, 4) is 5.75 Å². The molecule has 110 valence electrons. The molecule has 0 aliphatic rings. The predicted octanol–water partition coefficient (Wildman–Crippen LogP) is 1.57. The molecule has 1 rings (SSSR count). The predicted molar refractivity (Wildman–Crippen MR) is 73.4 cm³/mol. The Balaban J connectivity index is 2.75. The lowest BCUT2D eigenvalue weighted by molar-refractivity contribution is -0.127. The average molecular weight is 302 g/mol. The quantitative estimate of drug-likeness (QED) is 0.747. The molecule has 0 bridgehead atoms. The van der Waals surface area contributed by atoms with Crippen LogP contribution < -0.4 is 10.1 Å². The first-order chi connectivity index (χ1) is 9.47. The lowest BCUT2D eigenvalue weighted by Gasteiger charge is -2.16. The summed E-state index contributed by atoms with van der Waals surface area (Å²) < 4.78 is 10.2. The van der Waals surface area contributed by atoms with Crippen LogP contribution in [0.5, 0.6) is 5.75 Å². The summed E-state index contributed by atoms with van der Waals surface area (Å²) in [5.74, 6) is -1.52. The summed E-state index contributed by atoms with van der Waals surface area (Å²) >= 11 is 5.81. The molecule has 1 aromatic rings. The van der Waals surface area contributed by atoms with Crippen molar-refractivity contribution in [3.05, 3.63) is 28.8 Å². The minimum atomic E-state index is -1.21. The molecule has 0 heterocycles. The fourth-order valence-corrected chi connectivity index (χ4v) is 1.72. The van der Waals surface area contributed by atoms with E-state index in [2.05, 4.69) is 5.32 Å². The van der Waals surface area contributed by atoms with Crippen molar-refractivity contribution in [2.75, 3.05) is 20.3 Å². The molecule has 0 fully saturated rings. The zero-order valence-corrected chi connectivity index (χ0v) is 11.9. The van der Waals surface area contributed by atoms with Gasteiger partial charge in [0.2, 0.25) is 0 Å². The van der Waals surface area contributed by atoms with E-state index in [4.69, 9.17) is 26.2 Å². The molecule has 0 saturated carbocycles. The lowest BCUT2D eigenvalue weighted by Crippen LogP contribution is -2.38. The van der Waals surface area contributed by atoms with E-state index in [-0.39, 0.29) is 22.2 Å². The number of methoxy groups -OCH3 is 1. The van der Waals surface area contributed by atoms with Gasteiger partial charge in [0.15, 0.2) is 6.10 Å². The first-order valence-corrected chi connectivity index (χ1v) is 6.30. The normalized spacial score (nSPS) is 11.8. The van der Waals surface area contributed by atoms with Gasteiger partial charge >= 0.3 is 5.97 Å². The lowest BCUT2D eigenvalue weighted by atomic mass is 10.2. The minimum Gasteiger partial charge on any atom is -0.480 e. The Morgan fingerprint density at radius 3 is 2.75 bits per heavy atom. The number of amides is 1. The maximum absolute atomic E-state index is 11.7. The fourth-order valence-electron chi connectivity index (χ4n) is 1.47. The Morgan fingerprint density at radius 2 is 2.15 bits per heavy atom. The van der Waals surface area contributed by atoms with Crippen LogP contribution in [-0.4, -0.2) is 43.3 Å². The molecule has 20 heavy (non-hydrogen) atoms. The van der Waals surface area contributed by atoms with Crippen LogP contribution in [0, 0.1) is 0 Å². The van der Waals surface area contributed by atoms with Gasteiger partial charge in [-0.2, -0.15) is 0 Å². The largest absolute Gasteiger partial charge is 0.480 e. The van der Waals surface area contributed by atoms with E-state index in [0.29, 0.717) is 13.2 Å². The van der Waals surface area contributed by atoms with Gasteiger partial charge < -0.3 is 19.9 Å². The maximum Gasteiger partial charge on any atom is 0.341 e. The van der Waals surface area contributed by atoms with Gasteiger partial charge in [-0.3, -0.25) is 4.79 Å². The first kappa shape index (κ1) is 16.3. The molecule has 7 heteroatoms. The molecule has 0 aliphatic heterocycles. The second-order valence-corrected chi connectivity index (χ2v) is 4.37. The molecular weight excluding hydrogens is 286 g/mol. The number of rotatable bonds is 7. The molecule has 0 spiro atoms. The number of carboxylic acid groups (broad SMARTS) is 1. The van der Waals surface area contributed by atoms with Crippen molar-refractivity contribution < 1.29 is 24.2 Å². The number of hydrogen-bond donors (Lipinski definition) is 2. The summed E-state index contributed by atoms with van der Waals surface area (Å²) in [4.78, 5) is 22.8. The third-order valence-corrected chi connectivity index (χ3v) is 2.78. The van der Waals surface area contributed by atoms with E-state index in [1.165, 1.54) is 26.2 Å². The number of carbonyl (C=O) groups excluding carboxylic acids is 1. The highest BCUT2D eigenvalue weighted by molar-refractivity contribution is 6.33. The third-order valence-electron chi connectivity index (χ3n) is 2.47. The second kappa shape index (κ2) is 7.72. The monoisotopic (exact) mass is 301 g/mol. The molecule has 1 atom stereocenters. The van der Waals surface area contributed by atoms with Crippen molar-refractivity contribution in [1.82, 2.24) is 5.32 Å². The van der Waals surface area contributed by atoms with E-state index < -0.39 is 12.1 Å². The number of ether oxygens (including phenoxy) is 2. The Labute approximate surface area is 121 Å². The van der Waals surface area contributed by atoms with Gasteiger partial charge in [-0.1, -0.05) is 17.7 Å². The molecule has 0 saturated heterocycles. The Kier molecular flexibility index (Phi) is 6.27. The number of nitrogens with one attached hydrogen (secondary N) is 1. The standard InChI is InChI=1S/C13H16ClNO5/c1-8(12(16)15-6-7-19-2)20-10-5-3-4-9(14)11(10)13(17)18/h3-5,8H,6-7H2,1-2H3,(H,15,16)(H,17,18). The van der Waals surface area contributed by atoms with E-state index in [0.717, 1.165) is 0 Å². The van der Waals surface area contributed by atoms with Crippen LogP contribution in [0.3, 0.4) is 0 Å². The summed E-state index contributed by atoms with van der Waals surface area (Å²) in [6.07, 6.45) is -0.844. The maximum atomic E-state index is 11.7. The van der Waals surface area contributed by atoms with Gasteiger partial charge in [-0.05, 0) is 19.1 Å². The smallest absolute Gasteiger partial charge is 0.341 e. The summed E-state index contributed by atoms with van der Waals surface area (Å²) in [6, 6.07) is 4.45. The van der Waals surface area contributed by atoms with Crippen LogP contribution in [0.15, 0.2) is 18.2 Å². The van der Waals surface area contributed by atoms with Crippen molar-refractivity contribution in [2.24, 2.45) is 0 Å². The zero-order valence-electron chi connectivity index (χ0n) is 11.2. The Hall–Kier alpha value is -1.79. The van der Waals surface area contributed by atoms with Gasteiger partial charge in [0.1, 0.15) is 11.3 Å². The molecular formula is C13H16ClNO5. The van der Waals surface area contributed by atoms with Gasteiger partial charge in [0.25, 0.3) is 5.91 Å². The van der Waals surface area contributed by atoms with E-state index >= 15 is 0 Å². The summed E-state index contributed by atoms with van der Waals surface area (Å²) in [7, 11) is 1.52. The highest BCUT2D eigenvalue weighted by Crippen LogP contribution is 2.27. The van der Waals surface area contributed by atoms with Crippen LogP contribution >= 0.6 is 11.6 Å². The van der Waals surface area contributed by atoms with Crippen molar-refractivity contribution in [2.45, 2.75) is 13.0 Å². The third kappa shape index (κ3) is 4.40. The van der Waals surface area contributed by atoms with Gasteiger partial charge in [0, 0.05) is 13.7 Å². The first-order valence-electron chi connectivity index (χ1n) is 5.92. The number of carboxylic acids is 1. The fraction of sp³-hybridized carbons (Fsp3) is 0.385. The van der Waals surface area contributed by atoms with Crippen LogP contribution in [0.25, 0.3) is 0 Å². The number of carbonyl (C=O) groups is 2. The number of hydrogen-bond acceptors (Lipinski definition) is 4. The minimum absolute atomic E-state index is 0.0550. The Morgan fingerprint density at radius 1 is 1.45 bits per heavy atom. The summed E-state index contributed by atoms with van der Waals surface area (Å²) in [5.41, 5.74) is -0.161. The zero-order chi connectivity index (χ0) is 15.1. The van der Waals surface area contributed by atoms with Crippen molar-refractivity contribution in [1.29, 1.82) is 0 Å². The highest BCUT2D eigenvalue weighted by atomic mass is 35.5. The van der Waals surface area contributed by atoms with Crippen LogP contribution in [0.1, 0.15) is 17.3 Å². The second-order valence-electron chi connectivity index (χ2n) is 3.96. The topological polar surface area (TPSA) is 84.9 Å². The summed E-state index contributed by atoms with van der Waals surface area (Å²) in [6.45, 7) is 2.26. The molecule has 1 amide bonds. The molecule has 0 radical (unpaired) electrons. The summed E-state index contributed by atoms with van der Waals surface area (Å²) in [5, 5.41) is 11.7. The van der Waals surface area contributed by atoms with Gasteiger partial charge in [-0.15, -0.1) is 0 Å². The van der Waals surface area contributed by atoms with Gasteiger partial charge in [0.05, 0.1) is 11.6 Å². The molecule has 6 nitrogen and oxygen atoms in total. The van der Waals surface area contributed by atoms with Crippen molar-refractivity contribution >= 4 is 23.5 Å². The molecule has 1 aromatic carbocycles. The number of aromatic carboxylic acids is 1. The SMILES string of the molecule is COCCNC(=O)C(C)Oc1cccc(Cl)c1C(=O)O. The van der Waals surface area contributed by atoms with Crippen molar-refractivity contribution in [3.63, 3.8) is 0 Å². The van der Waals surface area contributed by atoms with Crippen LogP contribution in [-0.2, 0) is 9.53 Å². The number of halogens is 1. The highest BCUT2D eigenvalue weighted by Gasteiger charge is 2.20. The average Bonchev–Trinajstić information content (AvgIpc) is 2.38. The molecule has 2 N–H and O–H groups in total. The molecule has 0 aromatic heterocycles. The van der Waals surface area contributed by atoms with E-state index in [1.54, 1.807) is 6.07 Å². The van der Waals surface area contributed by atoms with Crippen LogP contribution in [0.2, 0.25) is 5.02 Å². The van der Waals surface area contributed by atoms with Crippen LogP contribution in [0.4, 0.5) is 0 Å². The molecule has 1 unspecified atom stereocenters. The van der Waals surface area contributed by atoms with Gasteiger partial charge in [-0.25, -0.2) is 4.79 Å². The number of benzene rings is 1.